The molecule has 0 fully saturated rings. The minimum Gasteiger partial charge on any atom is -0.395 e. The van der Waals surface area contributed by atoms with Crippen LogP contribution in [0.5, 0.6) is 0 Å². The highest BCUT2D eigenvalue weighted by molar-refractivity contribution is 6.05. The van der Waals surface area contributed by atoms with Gasteiger partial charge >= 0.3 is 0 Å². The lowest BCUT2D eigenvalue weighted by Crippen LogP contribution is -2.41. The van der Waals surface area contributed by atoms with E-state index < -0.39 is 0 Å². The van der Waals surface area contributed by atoms with E-state index in [1.165, 1.54) is 0 Å². The van der Waals surface area contributed by atoms with Crippen LogP contribution in [0.15, 0.2) is 30.5 Å². The number of fused-ring (bicyclic) bond motifs is 1. The third-order valence-corrected chi connectivity index (χ3v) is 3.80. The van der Waals surface area contributed by atoms with E-state index in [0.29, 0.717) is 12.1 Å². The summed E-state index contributed by atoms with van der Waals surface area (Å²) in [7, 11) is 0. The zero-order chi connectivity index (χ0) is 14.5. The summed E-state index contributed by atoms with van der Waals surface area (Å²) in [5.74, 6) is -0.0131. The van der Waals surface area contributed by atoms with Crippen molar-refractivity contribution in [1.82, 2.24) is 9.88 Å². The molecule has 4 nitrogen and oxygen atoms in total. The fourth-order valence-electron chi connectivity index (χ4n) is 2.70. The number of aromatic nitrogens is 1. The summed E-state index contributed by atoms with van der Waals surface area (Å²) in [5.41, 5.74) is 1.54. The van der Waals surface area contributed by atoms with Gasteiger partial charge < -0.3 is 15.0 Å². The van der Waals surface area contributed by atoms with Crippen molar-refractivity contribution in [3.05, 3.63) is 36.0 Å². The van der Waals surface area contributed by atoms with Crippen molar-refractivity contribution in [2.45, 2.75) is 32.7 Å². The molecule has 1 aromatic heterocycles. The lowest BCUT2D eigenvalue weighted by atomic mass is 10.1. The number of nitrogens with zero attached hydrogens (tertiary/aromatic N) is 1. The number of para-hydroxylation sites is 1. The maximum Gasteiger partial charge on any atom is 0.256 e. The van der Waals surface area contributed by atoms with Crippen LogP contribution in [0.4, 0.5) is 0 Å². The smallest absolute Gasteiger partial charge is 0.256 e. The number of aliphatic hydroxyl groups is 1. The first-order chi connectivity index (χ1) is 9.72. The van der Waals surface area contributed by atoms with Gasteiger partial charge in [-0.1, -0.05) is 26.0 Å². The highest BCUT2D eigenvalue weighted by Gasteiger charge is 2.23. The van der Waals surface area contributed by atoms with Gasteiger partial charge in [0.1, 0.15) is 0 Å². The van der Waals surface area contributed by atoms with Gasteiger partial charge in [0.15, 0.2) is 0 Å². The molecule has 1 amide bonds. The first kappa shape index (κ1) is 14.6. The molecule has 0 aliphatic heterocycles. The molecule has 4 heteroatoms. The Labute approximate surface area is 119 Å². The predicted molar refractivity (Wildman–Crippen MR) is 80.8 cm³/mol. The van der Waals surface area contributed by atoms with E-state index in [1.807, 2.05) is 30.5 Å². The zero-order valence-corrected chi connectivity index (χ0v) is 12.1. The highest BCUT2D eigenvalue weighted by atomic mass is 16.3. The Morgan fingerprint density at radius 2 is 2.05 bits per heavy atom. The summed E-state index contributed by atoms with van der Waals surface area (Å²) in [5, 5.41) is 10.3. The van der Waals surface area contributed by atoms with E-state index in [2.05, 4.69) is 18.8 Å². The molecule has 108 valence electrons. The van der Waals surface area contributed by atoms with E-state index in [4.69, 9.17) is 0 Å². The Hall–Kier alpha value is -1.81. The molecule has 1 heterocycles. The van der Waals surface area contributed by atoms with Crippen LogP contribution in [0.25, 0.3) is 10.9 Å². The van der Waals surface area contributed by atoms with Gasteiger partial charge in [0.05, 0.1) is 17.7 Å². The fourth-order valence-corrected chi connectivity index (χ4v) is 2.70. The monoisotopic (exact) mass is 274 g/mol. The number of rotatable bonds is 6. The van der Waals surface area contributed by atoms with Crippen molar-refractivity contribution in [2.24, 2.45) is 0 Å². The Balaban J connectivity index is 2.38. The molecule has 2 N–H and O–H groups in total. The van der Waals surface area contributed by atoms with Crippen molar-refractivity contribution in [2.75, 3.05) is 13.2 Å². The number of aliphatic hydroxyl groups excluding tert-OH is 1. The molecule has 0 aliphatic carbocycles. The number of hydrogen-bond donors (Lipinski definition) is 2. The van der Waals surface area contributed by atoms with Gasteiger partial charge in [0, 0.05) is 24.2 Å². The number of benzene rings is 1. The largest absolute Gasteiger partial charge is 0.395 e. The first-order valence-corrected chi connectivity index (χ1v) is 7.20. The second kappa shape index (κ2) is 6.57. The SMILES string of the molecule is CCC(CC)N(CCO)C(=O)c1cccc2cc[nH]c12. The number of aromatic amines is 1. The second-order valence-corrected chi connectivity index (χ2v) is 4.94. The van der Waals surface area contributed by atoms with Crippen molar-refractivity contribution >= 4 is 16.8 Å². The maximum atomic E-state index is 12.8. The fraction of sp³-hybridized carbons (Fsp3) is 0.438. The summed E-state index contributed by atoms with van der Waals surface area (Å²) >= 11 is 0. The molecule has 2 aromatic rings. The third-order valence-electron chi connectivity index (χ3n) is 3.80. The van der Waals surface area contributed by atoms with Crippen molar-refractivity contribution in [1.29, 1.82) is 0 Å². The highest BCUT2D eigenvalue weighted by Crippen LogP contribution is 2.20. The van der Waals surface area contributed by atoms with E-state index in [1.54, 1.807) is 4.90 Å². The number of nitrogens with one attached hydrogen (secondary N) is 1. The Morgan fingerprint density at radius 3 is 2.70 bits per heavy atom. The summed E-state index contributed by atoms with van der Waals surface area (Å²) in [4.78, 5) is 17.7. The number of amides is 1. The van der Waals surface area contributed by atoms with Crippen LogP contribution in [0, 0.1) is 0 Å². The van der Waals surface area contributed by atoms with Crippen LogP contribution in [0.1, 0.15) is 37.0 Å². The van der Waals surface area contributed by atoms with Gasteiger partial charge in [-0.3, -0.25) is 4.79 Å². The van der Waals surface area contributed by atoms with Crippen LogP contribution in [0.3, 0.4) is 0 Å². The number of H-pyrrole nitrogens is 1. The number of carbonyl (C=O) groups is 1. The van der Waals surface area contributed by atoms with E-state index in [0.717, 1.165) is 23.7 Å². The maximum absolute atomic E-state index is 12.8. The lowest BCUT2D eigenvalue weighted by molar-refractivity contribution is 0.0624. The van der Waals surface area contributed by atoms with Crippen LogP contribution in [0.2, 0.25) is 0 Å². The predicted octanol–water partition coefficient (Wildman–Crippen LogP) is 2.79. The van der Waals surface area contributed by atoms with Crippen molar-refractivity contribution in [3.8, 4) is 0 Å². The molecule has 0 spiro atoms. The minimum absolute atomic E-state index is 0.0110. The van der Waals surface area contributed by atoms with Crippen molar-refractivity contribution in [3.63, 3.8) is 0 Å². The first-order valence-electron chi connectivity index (χ1n) is 7.20. The van der Waals surface area contributed by atoms with Gasteiger partial charge in [-0.2, -0.15) is 0 Å². The lowest BCUT2D eigenvalue weighted by Gasteiger charge is -2.30. The molecule has 0 radical (unpaired) electrons. The molecule has 1 aromatic carbocycles. The van der Waals surface area contributed by atoms with Crippen LogP contribution in [-0.2, 0) is 0 Å². The minimum atomic E-state index is -0.0131. The molecule has 0 bridgehead atoms. The topological polar surface area (TPSA) is 56.3 Å². The summed E-state index contributed by atoms with van der Waals surface area (Å²) in [6, 6.07) is 7.84. The van der Waals surface area contributed by atoms with Crippen LogP contribution >= 0.6 is 0 Å². The van der Waals surface area contributed by atoms with Gasteiger partial charge in [0.25, 0.3) is 5.91 Å². The molecule has 0 unspecified atom stereocenters. The Kier molecular flexibility index (Phi) is 4.79. The standard InChI is InChI=1S/C16H22N2O2/c1-3-13(4-2)18(10-11-19)16(20)14-7-5-6-12-8-9-17-15(12)14/h5-9,13,17,19H,3-4,10-11H2,1-2H3. The quantitative estimate of drug-likeness (QED) is 0.851. The third kappa shape index (κ3) is 2.70. The number of carbonyl (C=O) groups excluding carboxylic acids is 1. The average molecular weight is 274 g/mol. The van der Waals surface area contributed by atoms with Gasteiger partial charge in [-0.25, -0.2) is 0 Å². The Morgan fingerprint density at radius 1 is 1.30 bits per heavy atom. The molecular formula is C16H22N2O2. The van der Waals surface area contributed by atoms with Crippen LogP contribution in [-0.4, -0.2) is 40.1 Å². The van der Waals surface area contributed by atoms with Gasteiger partial charge in [0.2, 0.25) is 0 Å². The zero-order valence-electron chi connectivity index (χ0n) is 12.1. The van der Waals surface area contributed by atoms with E-state index >= 15 is 0 Å². The van der Waals surface area contributed by atoms with Gasteiger partial charge in [-0.05, 0) is 25.0 Å². The molecular weight excluding hydrogens is 252 g/mol. The normalized spacial score (nSPS) is 11.2. The summed E-state index contributed by atoms with van der Waals surface area (Å²) in [6.07, 6.45) is 3.63. The van der Waals surface area contributed by atoms with Crippen molar-refractivity contribution < 1.29 is 9.90 Å². The second-order valence-electron chi connectivity index (χ2n) is 4.94. The molecule has 0 saturated carbocycles. The summed E-state index contributed by atoms with van der Waals surface area (Å²) < 4.78 is 0. The summed E-state index contributed by atoms with van der Waals surface area (Å²) in [6.45, 7) is 4.51. The molecule has 20 heavy (non-hydrogen) atoms. The molecule has 2 rings (SSSR count). The molecule has 0 atom stereocenters. The van der Waals surface area contributed by atoms with Crippen LogP contribution < -0.4 is 0 Å². The average Bonchev–Trinajstić information content (AvgIpc) is 2.95. The molecule has 0 saturated heterocycles. The van der Waals surface area contributed by atoms with E-state index in [9.17, 15) is 9.90 Å². The Bertz CT molecular complexity index is 573. The van der Waals surface area contributed by atoms with E-state index in [-0.39, 0.29) is 18.6 Å². The molecule has 0 aliphatic rings. The van der Waals surface area contributed by atoms with Gasteiger partial charge in [-0.15, -0.1) is 0 Å². The number of hydrogen-bond acceptors (Lipinski definition) is 2.